The quantitative estimate of drug-likeness (QED) is 0.854. The Balaban J connectivity index is 1.90. The lowest BCUT2D eigenvalue weighted by atomic mass is 9.98. The van der Waals surface area contributed by atoms with Crippen molar-refractivity contribution >= 4 is 0 Å². The van der Waals surface area contributed by atoms with E-state index in [4.69, 9.17) is 5.73 Å². The molecule has 0 saturated heterocycles. The first-order chi connectivity index (χ1) is 8.29. The first-order valence-corrected chi connectivity index (χ1v) is 5.93. The summed E-state index contributed by atoms with van der Waals surface area (Å²) >= 11 is 0. The van der Waals surface area contributed by atoms with Crippen molar-refractivity contribution in [2.75, 3.05) is 0 Å². The van der Waals surface area contributed by atoms with Gasteiger partial charge in [-0.1, -0.05) is 42.5 Å². The highest BCUT2D eigenvalue weighted by molar-refractivity contribution is 5.18. The number of nitrogens with two attached hydrogens (primary N) is 1. The minimum atomic E-state index is 0.453. The van der Waals surface area contributed by atoms with Gasteiger partial charge in [-0.3, -0.25) is 4.68 Å². The van der Waals surface area contributed by atoms with E-state index in [1.165, 1.54) is 5.56 Å². The van der Waals surface area contributed by atoms with Crippen LogP contribution in [0.3, 0.4) is 0 Å². The molecule has 1 aromatic carbocycles. The van der Waals surface area contributed by atoms with Gasteiger partial charge in [0.1, 0.15) is 0 Å². The second-order valence-corrected chi connectivity index (χ2v) is 4.28. The molecule has 4 heteroatoms. The molecule has 1 heterocycles. The topological polar surface area (TPSA) is 56.7 Å². The second kappa shape index (κ2) is 5.59. The fraction of sp³-hybridized carbons (Fsp3) is 0.385. The summed E-state index contributed by atoms with van der Waals surface area (Å²) in [5.41, 5.74) is 7.71. The average Bonchev–Trinajstić information content (AvgIpc) is 2.85. The predicted octanol–water partition coefficient (Wildman–Crippen LogP) is 1.93. The molecule has 1 atom stereocenters. The summed E-state index contributed by atoms with van der Waals surface area (Å²) in [6.45, 7) is 3.56. The van der Waals surface area contributed by atoms with Crippen LogP contribution >= 0.6 is 0 Å². The monoisotopic (exact) mass is 230 g/mol. The summed E-state index contributed by atoms with van der Waals surface area (Å²) in [6.07, 6.45) is 2.97. The molecule has 0 fully saturated rings. The molecule has 4 nitrogen and oxygen atoms in total. The van der Waals surface area contributed by atoms with Crippen LogP contribution in [0.1, 0.15) is 30.5 Å². The maximum Gasteiger partial charge on any atom is 0.0962 e. The highest BCUT2D eigenvalue weighted by atomic mass is 15.4. The van der Waals surface area contributed by atoms with Gasteiger partial charge in [0, 0.05) is 19.3 Å². The molecule has 17 heavy (non-hydrogen) atoms. The van der Waals surface area contributed by atoms with Gasteiger partial charge < -0.3 is 5.73 Å². The van der Waals surface area contributed by atoms with Crippen molar-refractivity contribution in [2.45, 2.75) is 32.4 Å². The lowest BCUT2D eigenvalue weighted by molar-refractivity contribution is 0.520. The summed E-state index contributed by atoms with van der Waals surface area (Å²) in [7, 11) is 0. The maximum absolute atomic E-state index is 5.49. The Labute approximate surface area is 101 Å². The van der Waals surface area contributed by atoms with E-state index in [0.717, 1.165) is 18.7 Å². The third kappa shape index (κ3) is 3.14. The molecule has 0 spiro atoms. The van der Waals surface area contributed by atoms with E-state index in [-0.39, 0.29) is 0 Å². The van der Waals surface area contributed by atoms with Gasteiger partial charge in [0.25, 0.3) is 0 Å². The summed E-state index contributed by atoms with van der Waals surface area (Å²) < 4.78 is 1.86. The van der Waals surface area contributed by atoms with E-state index in [9.17, 15) is 0 Å². The Morgan fingerprint density at radius 3 is 2.71 bits per heavy atom. The highest BCUT2D eigenvalue weighted by Crippen LogP contribution is 2.18. The number of nitrogens with zero attached hydrogens (tertiary/aromatic N) is 3. The molecule has 0 radical (unpaired) electrons. The zero-order valence-electron chi connectivity index (χ0n) is 10.1. The fourth-order valence-corrected chi connectivity index (χ4v) is 1.82. The number of hydrogen-bond donors (Lipinski definition) is 1. The minimum Gasteiger partial charge on any atom is -0.325 e. The van der Waals surface area contributed by atoms with Crippen LogP contribution in [0.2, 0.25) is 0 Å². The molecule has 0 amide bonds. The zero-order chi connectivity index (χ0) is 12.1. The highest BCUT2D eigenvalue weighted by Gasteiger charge is 2.06. The van der Waals surface area contributed by atoms with Crippen molar-refractivity contribution in [3.8, 4) is 0 Å². The molecule has 90 valence electrons. The van der Waals surface area contributed by atoms with Gasteiger partial charge in [0.05, 0.1) is 5.69 Å². The van der Waals surface area contributed by atoms with Crippen LogP contribution in [-0.2, 0) is 13.1 Å². The third-order valence-corrected chi connectivity index (χ3v) is 2.96. The zero-order valence-corrected chi connectivity index (χ0v) is 10.1. The summed E-state index contributed by atoms with van der Waals surface area (Å²) in [6, 6.07) is 10.5. The predicted molar refractivity (Wildman–Crippen MR) is 67.4 cm³/mol. The number of aryl methyl sites for hydroxylation is 1. The van der Waals surface area contributed by atoms with Gasteiger partial charge in [-0.15, -0.1) is 5.10 Å². The Hall–Kier alpha value is -1.68. The number of benzene rings is 1. The standard InChI is InChI=1S/C13H18N4/c1-11(12-5-3-2-4-6-12)7-8-17-10-13(9-14)15-16-17/h2-6,10-11H,7-9,14H2,1H3/t11-/m1/s1. The Kier molecular flexibility index (Phi) is 3.88. The van der Waals surface area contributed by atoms with Gasteiger partial charge in [-0.05, 0) is 17.9 Å². The molecular weight excluding hydrogens is 212 g/mol. The summed E-state index contributed by atoms with van der Waals surface area (Å²) in [4.78, 5) is 0. The van der Waals surface area contributed by atoms with Gasteiger partial charge in [-0.25, -0.2) is 0 Å². The van der Waals surface area contributed by atoms with Crippen LogP contribution < -0.4 is 5.73 Å². The van der Waals surface area contributed by atoms with Crippen molar-refractivity contribution in [3.63, 3.8) is 0 Å². The van der Waals surface area contributed by atoms with Gasteiger partial charge in [0.15, 0.2) is 0 Å². The van der Waals surface area contributed by atoms with Crippen LogP contribution in [0.25, 0.3) is 0 Å². The molecule has 1 aromatic heterocycles. The molecular formula is C13H18N4. The van der Waals surface area contributed by atoms with E-state index < -0.39 is 0 Å². The molecule has 2 N–H and O–H groups in total. The normalized spacial score (nSPS) is 12.6. The van der Waals surface area contributed by atoms with E-state index >= 15 is 0 Å². The lowest BCUT2D eigenvalue weighted by Crippen LogP contribution is -2.03. The number of aromatic nitrogens is 3. The van der Waals surface area contributed by atoms with Crippen molar-refractivity contribution in [3.05, 3.63) is 47.8 Å². The molecule has 0 aliphatic heterocycles. The van der Waals surface area contributed by atoms with Crippen molar-refractivity contribution in [2.24, 2.45) is 5.73 Å². The van der Waals surface area contributed by atoms with Crippen LogP contribution in [-0.4, -0.2) is 15.0 Å². The van der Waals surface area contributed by atoms with E-state index in [1.54, 1.807) is 0 Å². The molecule has 0 aliphatic carbocycles. The first kappa shape index (κ1) is 11.8. The first-order valence-electron chi connectivity index (χ1n) is 5.93. The Bertz CT molecular complexity index is 449. The van der Waals surface area contributed by atoms with Crippen LogP contribution in [0, 0.1) is 0 Å². The van der Waals surface area contributed by atoms with Gasteiger partial charge >= 0.3 is 0 Å². The van der Waals surface area contributed by atoms with Crippen LogP contribution in [0.4, 0.5) is 0 Å². The lowest BCUT2D eigenvalue weighted by Gasteiger charge is -2.11. The number of hydrogen-bond acceptors (Lipinski definition) is 3. The average molecular weight is 230 g/mol. The number of rotatable bonds is 5. The SMILES string of the molecule is C[C@H](CCn1cc(CN)nn1)c1ccccc1. The third-order valence-electron chi connectivity index (χ3n) is 2.96. The largest absolute Gasteiger partial charge is 0.325 e. The smallest absolute Gasteiger partial charge is 0.0962 e. The fourth-order valence-electron chi connectivity index (χ4n) is 1.82. The van der Waals surface area contributed by atoms with E-state index in [2.05, 4.69) is 41.5 Å². The van der Waals surface area contributed by atoms with Gasteiger partial charge in [0.2, 0.25) is 0 Å². The molecule has 0 aliphatic rings. The Morgan fingerprint density at radius 1 is 1.29 bits per heavy atom. The summed E-state index contributed by atoms with van der Waals surface area (Å²) in [5, 5.41) is 8.01. The van der Waals surface area contributed by atoms with Crippen LogP contribution in [0.5, 0.6) is 0 Å². The molecule has 2 rings (SSSR count). The van der Waals surface area contributed by atoms with Crippen molar-refractivity contribution in [1.82, 2.24) is 15.0 Å². The second-order valence-electron chi connectivity index (χ2n) is 4.28. The molecule has 0 saturated carbocycles. The van der Waals surface area contributed by atoms with Crippen molar-refractivity contribution < 1.29 is 0 Å². The van der Waals surface area contributed by atoms with Crippen LogP contribution in [0.15, 0.2) is 36.5 Å². The summed E-state index contributed by atoms with van der Waals surface area (Å²) in [5.74, 6) is 0.529. The minimum absolute atomic E-state index is 0.453. The molecule has 0 unspecified atom stereocenters. The molecule has 0 bridgehead atoms. The van der Waals surface area contributed by atoms with Crippen molar-refractivity contribution in [1.29, 1.82) is 0 Å². The maximum atomic E-state index is 5.49. The van der Waals surface area contributed by atoms with Gasteiger partial charge in [-0.2, -0.15) is 0 Å². The van der Waals surface area contributed by atoms with E-state index in [1.807, 2.05) is 16.9 Å². The Morgan fingerprint density at radius 2 is 2.06 bits per heavy atom. The molecule has 2 aromatic rings. The van der Waals surface area contributed by atoms with E-state index in [0.29, 0.717) is 12.5 Å².